The van der Waals surface area contributed by atoms with Crippen LogP contribution in [0.4, 0.5) is 15.3 Å². The second-order valence-electron chi connectivity index (χ2n) is 5.00. The maximum Gasteiger partial charge on any atom is 0.257 e. The summed E-state index contributed by atoms with van der Waals surface area (Å²) in [4.78, 5) is 28.2. The number of aromatic nitrogens is 1. The minimum absolute atomic E-state index is 0.0473. The van der Waals surface area contributed by atoms with Crippen molar-refractivity contribution in [2.45, 2.75) is 26.7 Å². The average molecular weight is 335 g/mol. The minimum atomic E-state index is -0.401. The van der Waals surface area contributed by atoms with Gasteiger partial charge in [-0.3, -0.25) is 14.9 Å². The third-order valence-corrected chi connectivity index (χ3v) is 4.20. The maximum atomic E-state index is 12.8. The molecule has 0 saturated carbocycles. The third-order valence-electron chi connectivity index (χ3n) is 3.44. The highest BCUT2D eigenvalue weighted by atomic mass is 32.1. The Morgan fingerprint density at radius 1 is 1.17 bits per heavy atom. The number of anilines is 2. The fraction of sp³-hybridized carbons (Fsp3) is 0.312. The molecule has 2 N–H and O–H groups in total. The van der Waals surface area contributed by atoms with E-state index >= 15 is 0 Å². The molecule has 0 aliphatic rings. The van der Waals surface area contributed by atoms with Crippen molar-refractivity contribution in [2.75, 3.05) is 10.6 Å². The molecule has 1 aromatic heterocycles. The topological polar surface area (TPSA) is 71.1 Å². The van der Waals surface area contributed by atoms with Gasteiger partial charge in [0.2, 0.25) is 5.91 Å². The molecule has 1 heterocycles. The lowest BCUT2D eigenvalue weighted by molar-refractivity contribution is -0.120. The molecule has 23 heavy (non-hydrogen) atoms. The van der Waals surface area contributed by atoms with Crippen molar-refractivity contribution < 1.29 is 14.0 Å². The average Bonchev–Trinajstić information content (AvgIpc) is 2.96. The molecule has 2 amide bonds. The molecule has 122 valence electrons. The van der Waals surface area contributed by atoms with Crippen LogP contribution in [0.3, 0.4) is 0 Å². The summed E-state index contributed by atoms with van der Waals surface area (Å²) >= 11 is 1.21. The van der Waals surface area contributed by atoms with E-state index in [1.807, 2.05) is 13.8 Å². The van der Waals surface area contributed by atoms with Gasteiger partial charge in [-0.1, -0.05) is 13.8 Å². The van der Waals surface area contributed by atoms with Gasteiger partial charge in [0, 0.05) is 16.9 Å². The van der Waals surface area contributed by atoms with Crippen molar-refractivity contribution in [2.24, 2.45) is 5.92 Å². The van der Waals surface area contributed by atoms with Gasteiger partial charge in [0.1, 0.15) is 11.6 Å². The summed E-state index contributed by atoms with van der Waals surface area (Å²) in [6.45, 7) is 3.92. The van der Waals surface area contributed by atoms with Crippen LogP contribution >= 0.6 is 11.3 Å². The van der Waals surface area contributed by atoms with Gasteiger partial charge in [0.25, 0.3) is 5.91 Å². The van der Waals surface area contributed by atoms with Crippen LogP contribution in [0, 0.1) is 11.7 Å². The van der Waals surface area contributed by atoms with Gasteiger partial charge in [0.15, 0.2) is 5.13 Å². The zero-order chi connectivity index (χ0) is 16.8. The molecule has 0 aliphatic carbocycles. The molecule has 0 radical (unpaired) electrons. The lowest BCUT2D eigenvalue weighted by Crippen LogP contribution is -2.21. The van der Waals surface area contributed by atoms with Crippen molar-refractivity contribution >= 4 is 34.1 Å². The molecule has 7 heteroatoms. The number of carbonyl (C=O) groups is 2. The first-order chi connectivity index (χ1) is 11.0. The lowest BCUT2D eigenvalue weighted by Gasteiger charge is -2.10. The number of hydrogen-bond acceptors (Lipinski definition) is 4. The Kier molecular flexibility index (Phi) is 5.81. The summed E-state index contributed by atoms with van der Waals surface area (Å²) in [6, 6.07) is 5.23. The van der Waals surface area contributed by atoms with Crippen molar-refractivity contribution in [1.82, 2.24) is 4.98 Å². The second-order valence-corrected chi connectivity index (χ2v) is 5.86. The number of carbonyl (C=O) groups excluding carboxylic acids is 2. The fourth-order valence-electron chi connectivity index (χ4n) is 2.05. The highest BCUT2D eigenvalue weighted by molar-refractivity contribution is 7.14. The maximum absolute atomic E-state index is 12.8. The van der Waals surface area contributed by atoms with Crippen LogP contribution in [-0.4, -0.2) is 16.8 Å². The van der Waals surface area contributed by atoms with E-state index in [-0.39, 0.29) is 17.7 Å². The van der Waals surface area contributed by atoms with E-state index < -0.39 is 5.82 Å². The van der Waals surface area contributed by atoms with Gasteiger partial charge in [0.05, 0.1) is 0 Å². The Bertz CT molecular complexity index is 681. The summed E-state index contributed by atoms with van der Waals surface area (Å²) in [7, 11) is 0. The Hall–Kier alpha value is -2.28. The zero-order valence-electron chi connectivity index (χ0n) is 12.9. The summed E-state index contributed by atoms with van der Waals surface area (Å²) in [6.07, 6.45) is 1.53. The summed E-state index contributed by atoms with van der Waals surface area (Å²) in [5.41, 5.74) is 0.337. The number of amides is 2. The standard InChI is InChI=1S/C16H18FN3O2S/c1-3-10(4-2)14(21)18-13-9-23-16(19-13)20-15(22)11-5-7-12(17)8-6-11/h5-10H,3-4H2,1-2H3,(H,18,21)(H,19,20,22). The lowest BCUT2D eigenvalue weighted by atomic mass is 10.0. The quantitative estimate of drug-likeness (QED) is 0.841. The van der Waals surface area contributed by atoms with Crippen molar-refractivity contribution in [3.63, 3.8) is 0 Å². The monoisotopic (exact) mass is 335 g/mol. The van der Waals surface area contributed by atoms with E-state index in [2.05, 4.69) is 15.6 Å². The van der Waals surface area contributed by atoms with E-state index in [9.17, 15) is 14.0 Å². The molecule has 2 rings (SSSR count). The van der Waals surface area contributed by atoms with Gasteiger partial charge in [-0.05, 0) is 37.1 Å². The highest BCUT2D eigenvalue weighted by Gasteiger charge is 2.16. The Balaban J connectivity index is 1.98. The summed E-state index contributed by atoms with van der Waals surface area (Å²) in [5.74, 6) is -0.480. The van der Waals surface area contributed by atoms with E-state index in [1.54, 1.807) is 5.38 Å². The largest absolute Gasteiger partial charge is 0.310 e. The van der Waals surface area contributed by atoms with Gasteiger partial charge >= 0.3 is 0 Å². The third kappa shape index (κ3) is 4.59. The van der Waals surface area contributed by atoms with Crippen LogP contribution in [0.25, 0.3) is 0 Å². The smallest absolute Gasteiger partial charge is 0.257 e. The highest BCUT2D eigenvalue weighted by Crippen LogP contribution is 2.21. The second kappa shape index (κ2) is 7.82. The van der Waals surface area contributed by atoms with Gasteiger partial charge in [-0.25, -0.2) is 9.37 Å². The molecule has 5 nitrogen and oxygen atoms in total. The van der Waals surface area contributed by atoms with E-state index in [4.69, 9.17) is 0 Å². The fourth-order valence-corrected chi connectivity index (χ4v) is 2.68. The van der Waals surface area contributed by atoms with Gasteiger partial charge in [-0.15, -0.1) is 11.3 Å². The van der Waals surface area contributed by atoms with Crippen LogP contribution in [0.15, 0.2) is 29.6 Å². The molecular formula is C16H18FN3O2S. The number of nitrogens with zero attached hydrogens (tertiary/aromatic N) is 1. The predicted octanol–water partition coefficient (Wildman–Crippen LogP) is 3.91. The number of rotatable bonds is 6. The number of thiazole rings is 1. The molecule has 0 fully saturated rings. The Morgan fingerprint density at radius 3 is 2.43 bits per heavy atom. The van der Waals surface area contributed by atoms with Crippen LogP contribution in [-0.2, 0) is 4.79 Å². The van der Waals surface area contributed by atoms with Crippen molar-refractivity contribution in [1.29, 1.82) is 0 Å². The Morgan fingerprint density at radius 2 is 1.83 bits per heavy atom. The number of nitrogens with one attached hydrogen (secondary N) is 2. The molecule has 0 aliphatic heterocycles. The van der Waals surface area contributed by atoms with E-state index in [0.29, 0.717) is 16.5 Å². The predicted molar refractivity (Wildman–Crippen MR) is 89.2 cm³/mol. The SMILES string of the molecule is CCC(CC)C(=O)Nc1csc(NC(=O)c2ccc(F)cc2)n1. The summed E-state index contributed by atoms with van der Waals surface area (Å²) in [5, 5.41) is 7.41. The number of hydrogen-bond donors (Lipinski definition) is 2. The van der Waals surface area contributed by atoms with Crippen LogP contribution < -0.4 is 10.6 Å². The normalized spacial score (nSPS) is 10.6. The molecule has 0 bridgehead atoms. The first-order valence-electron chi connectivity index (χ1n) is 7.36. The van der Waals surface area contributed by atoms with Crippen LogP contribution in [0.2, 0.25) is 0 Å². The molecule has 0 spiro atoms. The molecule has 1 aromatic carbocycles. The zero-order valence-corrected chi connectivity index (χ0v) is 13.7. The first kappa shape index (κ1) is 17.1. The van der Waals surface area contributed by atoms with Crippen LogP contribution in [0.1, 0.15) is 37.0 Å². The van der Waals surface area contributed by atoms with E-state index in [1.165, 1.54) is 35.6 Å². The van der Waals surface area contributed by atoms with Gasteiger partial charge in [-0.2, -0.15) is 0 Å². The number of halogens is 1. The Labute approximate surface area is 137 Å². The minimum Gasteiger partial charge on any atom is -0.310 e. The van der Waals surface area contributed by atoms with E-state index in [0.717, 1.165) is 12.8 Å². The molecule has 0 unspecified atom stereocenters. The molecule has 0 atom stereocenters. The van der Waals surface area contributed by atoms with Crippen molar-refractivity contribution in [3.05, 3.63) is 41.0 Å². The number of benzene rings is 1. The van der Waals surface area contributed by atoms with Crippen LogP contribution in [0.5, 0.6) is 0 Å². The van der Waals surface area contributed by atoms with Gasteiger partial charge < -0.3 is 5.32 Å². The first-order valence-corrected chi connectivity index (χ1v) is 8.24. The van der Waals surface area contributed by atoms with Crippen molar-refractivity contribution in [3.8, 4) is 0 Å². The molecule has 0 saturated heterocycles. The summed E-state index contributed by atoms with van der Waals surface area (Å²) < 4.78 is 12.8. The molecular weight excluding hydrogens is 317 g/mol. The molecule has 2 aromatic rings.